The molecule has 0 N–H and O–H groups in total. The molecular formula is C21H23N3O3. The summed E-state index contributed by atoms with van der Waals surface area (Å²) >= 11 is 0. The molecule has 27 heavy (non-hydrogen) atoms. The summed E-state index contributed by atoms with van der Waals surface area (Å²) in [6.07, 6.45) is 5.61. The first kappa shape index (κ1) is 17.5. The van der Waals surface area contributed by atoms with Crippen molar-refractivity contribution in [1.29, 1.82) is 0 Å². The van der Waals surface area contributed by atoms with Crippen LogP contribution in [-0.2, 0) is 16.0 Å². The van der Waals surface area contributed by atoms with Gasteiger partial charge in [0.25, 0.3) is 0 Å². The second-order valence-corrected chi connectivity index (χ2v) is 7.17. The molecule has 2 amide bonds. The third-order valence-electron chi connectivity index (χ3n) is 5.35. The number of fused-ring (bicyclic) bond motifs is 1. The van der Waals surface area contributed by atoms with Gasteiger partial charge < -0.3 is 14.5 Å². The number of rotatable bonds is 3. The SMILES string of the molecule is CC(=O)N1CC[C@H](Oc2cncc(-c3cccc4c3N(C)C(=O)CC4)c2)C1. The normalized spacial score (nSPS) is 19.2. The van der Waals surface area contributed by atoms with Gasteiger partial charge in [-0.25, -0.2) is 0 Å². The molecule has 1 aromatic heterocycles. The summed E-state index contributed by atoms with van der Waals surface area (Å²) in [4.78, 5) is 31.6. The number of amides is 2. The number of para-hydroxylation sites is 1. The van der Waals surface area contributed by atoms with Crippen LogP contribution in [-0.4, -0.2) is 47.9 Å². The molecule has 1 fully saturated rings. The van der Waals surface area contributed by atoms with Crippen molar-refractivity contribution in [1.82, 2.24) is 9.88 Å². The number of pyridine rings is 1. The highest BCUT2D eigenvalue weighted by Crippen LogP contribution is 2.37. The largest absolute Gasteiger partial charge is 0.487 e. The monoisotopic (exact) mass is 365 g/mol. The van der Waals surface area contributed by atoms with Crippen LogP contribution in [0.2, 0.25) is 0 Å². The molecule has 2 aliphatic heterocycles. The van der Waals surface area contributed by atoms with Crippen molar-refractivity contribution in [2.24, 2.45) is 0 Å². The van der Waals surface area contributed by atoms with Gasteiger partial charge in [0.05, 0.1) is 18.4 Å². The van der Waals surface area contributed by atoms with E-state index in [2.05, 4.69) is 11.1 Å². The molecule has 4 rings (SSSR count). The molecule has 0 saturated carbocycles. The molecule has 140 valence electrons. The molecule has 6 nitrogen and oxygen atoms in total. The summed E-state index contributed by atoms with van der Waals surface area (Å²) in [6, 6.07) is 8.07. The maximum Gasteiger partial charge on any atom is 0.227 e. The van der Waals surface area contributed by atoms with Gasteiger partial charge in [0.15, 0.2) is 0 Å². The van der Waals surface area contributed by atoms with Gasteiger partial charge in [-0.2, -0.15) is 0 Å². The highest BCUT2D eigenvalue weighted by Gasteiger charge is 2.26. The van der Waals surface area contributed by atoms with E-state index in [0.29, 0.717) is 18.7 Å². The van der Waals surface area contributed by atoms with E-state index in [1.54, 1.807) is 29.1 Å². The summed E-state index contributed by atoms with van der Waals surface area (Å²) in [5.74, 6) is 0.896. The van der Waals surface area contributed by atoms with E-state index in [1.165, 1.54) is 5.56 Å². The highest BCUT2D eigenvalue weighted by molar-refractivity contribution is 6.00. The smallest absolute Gasteiger partial charge is 0.227 e. The predicted octanol–water partition coefficient (Wildman–Crippen LogP) is 2.66. The van der Waals surface area contributed by atoms with Gasteiger partial charge >= 0.3 is 0 Å². The minimum Gasteiger partial charge on any atom is -0.487 e. The Balaban J connectivity index is 1.61. The van der Waals surface area contributed by atoms with E-state index in [4.69, 9.17) is 4.74 Å². The molecule has 1 atom stereocenters. The Morgan fingerprint density at radius 3 is 2.89 bits per heavy atom. The number of benzene rings is 1. The van der Waals surface area contributed by atoms with E-state index in [9.17, 15) is 9.59 Å². The molecule has 2 aliphatic rings. The molecule has 0 bridgehead atoms. The Morgan fingerprint density at radius 2 is 2.11 bits per heavy atom. The lowest BCUT2D eigenvalue weighted by atomic mass is 9.94. The topological polar surface area (TPSA) is 62.7 Å². The zero-order valence-electron chi connectivity index (χ0n) is 15.6. The minimum absolute atomic E-state index is 0.0140. The number of anilines is 1. The molecule has 1 saturated heterocycles. The number of ether oxygens (including phenoxy) is 1. The van der Waals surface area contributed by atoms with Crippen LogP contribution in [0.5, 0.6) is 5.75 Å². The van der Waals surface area contributed by atoms with E-state index in [0.717, 1.165) is 36.2 Å². The Morgan fingerprint density at radius 1 is 1.26 bits per heavy atom. The fourth-order valence-corrected chi connectivity index (χ4v) is 3.89. The molecule has 3 heterocycles. The lowest BCUT2D eigenvalue weighted by Gasteiger charge is -2.28. The number of nitrogens with zero attached hydrogens (tertiary/aromatic N) is 3. The Bertz CT molecular complexity index is 896. The first-order valence-electron chi connectivity index (χ1n) is 9.29. The average Bonchev–Trinajstić information content (AvgIpc) is 3.13. The fourth-order valence-electron chi connectivity index (χ4n) is 3.89. The van der Waals surface area contributed by atoms with Crippen LogP contribution in [0.1, 0.15) is 25.3 Å². The van der Waals surface area contributed by atoms with Crippen LogP contribution < -0.4 is 9.64 Å². The molecule has 2 aromatic rings. The summed E-state index contributed by atoms with van der Waals surface area (Å²) < 4.78 is 6.07. The lowest BCUT2D eigenvalue weighted by Crippen LogP contribution is -2.31. The van der Waals surface area contributed by atoms with Gasteiger partial charge in [-0.15, -0.1) is 0 Å². The van der Waals surface area contributed by atoms with Crippen molar-refractivity contribution < 1.29 is 14.3 Å². The molecule has 0 aliphatic carbocycles. The Hall–Kier alpha value is -2.89. The molecule has 0 spiro atoms. The van der Waals surface area contributed by atoms with Gasteiger partial charge in [0.1, 0.15) is 11.9 Å². The van der Waals surface area contributed by atoms with Crippen LogP contribution in [0.3, 0.4) is 0 Å². The number of aromatic nitrogens is 1. The molecule has 0 unspecified atom stereocenters. The summed E-state index contributed by atoms with van der Waals surface area (Å²) in [5, 5.41) is 0. The van der Waals surface area contributed by atoms with Crippen LogP contribution in [0.4, 0.5) is 5.69 Å². The third kappa shape index (κ3) is 3.39. The first-order valence-corrected chi connectivity index (χ1v) is 9.29. The summed E-state index contributed by atoms with van der Waals surface area (Å²) in [7, 11) is 1.83. The number of likely N-dealkylation sites (tertiary alicyclic amines) is 1. The molecule has 0 radical (unpaired) electrons. The van der Waals surface area contributed by atoms with Crippen molar-refractivity contribution >= 4 is 17.5 Å². The maximum absolute atomic E-state index is 12.2. The number of hydrogen-bond donors (Lipinski definition) is 0. The fraction of sp³-hybridized carbons (Fsp3) is 0.381. The summed E-state index contributed by atoms with van der Waals surface area (Å²) in [6.45, 7) is 2.92. The molecular weight excluding hydrogens is 342 g/mol. The zero-order valence-corrected chi connectivity index (χ0v) is 15.6. The van der Waals surface area contributed by atoms with Crippen molar-refractivity contribution in [2.45, 2.75) is 32.3 Å². The molecule has 6 heteroatoms. The van der Waals surface area contributed by atoms with Gasteiger partial charge in [-0.1, -0.05) is 18.2 Å². The van der Waals surface area contributed by atoms with Crippen molar-refractivity contribution in [3.05, 3.63) is 42.2 Å². The van der Waals surface area contributed by atoms with E-state index >= 15 is 0 Å². The van der Waals surface area contributed by atoms with Crippen LogP contribution >= 0.6 is 0 Å². The summed E-state index contributed by atoms with van der Waals surface area (Å²) in [5.41, 5.74) is 4.04. The van der Waals surface area contributed by atoms with E-state index in [-0.39, 0.29) is 17.9 Å². The Kier molecular flexibility index (Phi) is 4.56. The number of carbonyl (C=O) groups excluding carboxylic acids is 2. The minimum atomic E-state index is -0.0140. The second kappa shape index (κ2) is 7.02. The van der Waals surface area contributed by atoms with Gasteiger partial charge in [0.2, 0.25) is 11.8 Å². The van der Waals surface area contributed by atoms with Crippen molar-refractivity contribution in [3.63, 3.8) is 0 Å². The van der Waals surface area contributed by atoms with Gasteiger partial charge in [0, 0.05) is 50.7 Å². The van der Waals surface area contributed by atoms with Crippen LogP contribution in [0.25, 0.3) is 11.1 Å². The number of aryl methyl sites for hydroxylation is 1. The van der Waals surface area contributed by atoms with Gasteiger partial charge in [-0.05, 0) is 18.1 Å². The maximum atomic E-state index is 12.2. The first-order chi connectivity index (χ1) is 13.0. The average molecular weight is 365 g/mol. The van der Waals surface area contributed by atoms with Crippen LogP contribution in [0, 0.1) is 0 Å². The van der Waals surface area contributed by atoms with E-state index in [1.807, 2.05) is 25.2 Å². The second-order valence-electron chi connectivity index (χ2n) is 7.17. The predicted molar refractivity (Wildman–Crippen MR) is 103 cm³/mol. The Labute approximate surface area is 158 Å². The third-order valence-corrected chi connectivity index (χ3v) is 5.35. The van der Waals surface area contributed by atoms with E-state index < -0.39 is 0 Å². The van der Waals surface area contributed by atoms with Crippen LogP contribution in [0.15, 0.2) is 36.7 Å². The molecule has 1 aromatic carbocycles. The standard InChI is InChI=1S/C21H23N3O3/c1-14(25)24-9-8-17(13-24)27-18-10-16(11-22-12-18)19-5-3-4-15-6-7-20(26)23(2)21(15)19/h3-5,10-12,17H,6-9,13H2,1-2H3/t17-/m0/s1. The lowest BCUT2D eigenvalue weighted by molar-refractivity contribution is -0.128. The number of carbonyl (C=O) groups is 2. The quantitative estimate of drug-likeness (QED) is 0.839. The van der Waals surface area contributed by atoms with Crippen molar-refractivity contribution in [3.8, 4) is 16.9 Å². The highest BCUT2D eigenvalue weighted by atomic mass is 16.5. The number of hydrogen-bond acceptors (Lipinski definition) is 4. The zero-order chi connectivity index (χ0) is 19.0. The van der Waals surface area contributed by atoms with Gasteiger partial charge in [-0.3, -0.25) is 14.6 Å². The van der Waals surface area contributed by atoms with Crippen molar-refractivity contribution in [2.75, 3.05) is 25.0 Å².